The lowest BCUT2D eigenvalue weighted by molar-refractivity contribution is -0.132. The van der Waals surface area contributed by atoms with Crippen LogP contribution in [0.1, 0.15) is 245 Å². The summed E-state index contributed by atoms with van der Waals surface area (Å²) >= 11 is 0. The predicted molar refractivity (Wildman–Crippen MR) is 215 cm³/mol. The van der Waals surface area contributed by atoms with Gasteiger partial charge in [-0.1, -0.05) is 232 Å². The van der Waals surface area contributed by atoms with Crippen LogP contribution in [-0.2, 0) is 4.79 Å². The van der Waals surface area contributed by atoms with Crippen LogP contribution in [-0.4, -0.2) is 57.3 Å². The molecule has 0 radical (unpaired) electrons. The molecule has 0 aromatic heterocycles. The third kappa shape index (κ3) is 33.2. The molecule has 0 aliphatic heterocycles. The van der Waals surface area contributed by atoms with E-state index in [2.05, 4.69) is 19.2 Å². The number of aliphatic hydroxyl groups is 4. The molecule has 1 amide bonds. The second-order valence-electron chi connectivity index (χ2n) is 15.8. The molecule has 4 unspecified atom stereocenters. The molecule has 0 aromatic carbocycles. The molecule has 6 nitrogen and oxygen atoms in total. The van der Waals surface area contributed by atoms with Gasteiger partial charge in [-0.3, -0.25) is 4.79 Å². The van der Waals surface area contributed by atoms with Crippen molar-refractivity contribution in [3.63, 3.8) is 0 Å². The Morgan fingerprint density at radius 2 is 0.680 bits per heavy atom. The van der Waals surface area contributed by atoms with Crippen LogP contribution in [0.15, 0.2) is 0 Å². The van der Waals surface area contributed by atoms with Gasteiger partial charge in [0.05, 0.1) is 18.8 Å². The normalized spacial score (nSPS) is 14.1. The first-order valence-electron chi connectivity index (χ1n) is 22.4. The average molecular weight is 712 g/mol. The highest BCUT2D eigenvalue weighted by molar-refractivity contribution is 5.80. The molecule has 0 aliphatic rings. The van der Waals surface area contributed by atoms with Crippen LogP contribution in [0.4, 0.5) is 0 Å². The van der Waals surface area contributed by atoms with E-state index < -0.39 is 36.9 Å². The molecule has 0 heterocycles. The lowest BCUT2D eigenvalue weighted by Gasteiger charge is -2.27. The van der Waals surface area contributed by atoms with Gasteiger partial charge >= 0.3 is 0 Å². The highest BCUT2D eigenvalue weighted by Gasteiger charge is 2.28. The van der Waals surface area contributed by atoms with E-state index in [0.717, 1.165) is 38.5 Å². The summed E-state index contributed by atoms with van der Waals surface area (Å²) in [6.45, 7) is 4.04. The third-order valence-corrected chi connectivity index (χ3v) is 10.8. The van der Waals surface area contributed by atoms with Crippen LogP contribution >= 0.6 is 0 Å². The minimum Gasteiger partial charge on any atom is -0.394 e. The summed E-state index contributed by atoms with van der Waals surface area (Å²) < 4.78 is 0. The summed E-state index contributed by atoms with van der Waals surface area (Å²) in [4.78, 5) is 12.4. The Labute approximate surface area is 311 Å². The fraction of sp³-hybridized carbons (Fsp3) is 0.977. The Morgan fingerprint density at radius 3 is 0.960 bits per heavy atom. The Balaban J connectivity index is 3.61. The Morgan fingerprint density at radius 1 is 0.420 bits per heavy atom. The van der Waals surface area contributed by atoms with Crippen molar-refractivity contribution in [3.8, 4) is 0 Å². The van der Waals surface area contributed by atoms with Crippen LogP contribution in [0.25, 0.3) is 0 Å². The average Bonchev–Trinajstić information content (AvgIpc) is 3.12. The van der Waals surface area contributed by atoms with E-state index in [1.807, 2.05) is 0 Å². The monoisotopic (exact) mass is 712 g/mol. The maximum atomic E-state index is 12.4. The second-order valence-corrected chi connectivity index (χ2v) is 15.8. The van der Waals surface area contributed by atoms with E-state index in [4.69, 9.17) is 0 Å². The van der Waals surface area contributed by atoms with Crippen molar-refractivity contribution < 1.29 is 25.2 Å². The van der Waals surface area contributed by atoms with E-state index in [9.17, 15) is 25.2 Å². The van der Waals surface area contributed by atoms with E-state index in [-0.39, 0.29) is 0 Å². The molecule has 0 bridgehead atoms. The van der Waals surface area contributed by atoms with Crippen molar-refractivity contribution in [2.75, 3.05) is 6.61 Å². The van der Waals surface area contributed by atoms with Crippen molar-refractivity contribution in [1.82, 2.24) is 5.32 Å². The van der Waals surface area contributed by atoms with Gasteiger partial charge in [0.1, 0.15) is 12.2 Å². The minimum absolute atomic E-state index is 0.374. The molecule has 300 valence electrons. The summed E-state index contributed by atoms with van der Waals surface area (Å²) in [6.07, 6.45) is 41.5. The number of nitrogens with one attached hydrogen (secondary N) is 1. The molecular weight excluding hydrogens is 622 g/mol. The van der Waals surface area contributed by atoms with E-state index in [1.165, 1.54) is 180 Å². The molecule has 6 heteroatoms. The smallest absolute Gasteiger partial charge is 0.249 e. The minimum atomic E-state index is -1.25. The van der Waals surface area contributed by atoms with Gasteiger partial charge in [-0.15, -0.1) is 0 Å². The standard InChI is InChI=1S/C44H89NO5/c1-3-5-7-9-11-13-15-16-17-18-19-20-21-22-23-24-25-26-27-28-30-31-33-35-37-41(47)43(49)40(39-46)45-44(50)42(48)38-36-34-32-29-14-12-10-8-6-4-2/h40-43,46-49H,3-39H2,1-2H3,(H,45,50). The molecule has 0 saturated carbocycles. The number of hydrogen-bond acceptors (Lipinski definition) is 5. The van der Waals surface area contributed by atoms with Crippen molar-refractivity contribution in [3.05, 3.63) is 0 Å². The van der Waals surface area contributed by atoms with Gasteiger partial charge in [0.15, 0.2) is 0 Å². The number of carbonyl (C=O) groups excluding carboxylic acids is 1. The first-order chi connectivity index (χ1) is 24.5. The van der Waals surface area contributed by atoms with Crippen molar-refractivity contribution >= 4 is 5.91 Å². The molecule has 4 atom stereocenters. The molecule has 50 heavy (non-hydrogen) atoms. The zero-order valence-electron chi connectivity index (χ0n) is 33.7. The lowest BCUT2D eigenvalue weighted by Crippen LogP contribution is -2.53. The van der Waals surface area contributed by atoms with Gasteiger partial charge in [0.2, 0.25) is 5.91 Å². The maximum absolute atomic E-state index is 12.4. The maximum Gasteiger partial charge on any atom is 0.249 e. The zero-order chi connectivity index (χ0) is 36.8. The summed E-state index contributed by atoms with van der Waals surface area (Å²) in [5.41, 5.74) is 0. The largest absolute Gasteiger partial charge is 0.394 e. The van der Waals surface area contributed by atoms with Crippen LogP contribution in [0, 0.1) is 0 Å². The van der Waals surface area contributed by atoms with E-state index >= 15 is 0 Å². The van der Waals surface area contributed by atoms with Gasteiger partial charge in [0.25, 0.3) is 0 Å². The number of rotatable bonds is 41. The number of hydrogen-bond donors (Lipinski definition) is 5. The Hall–Kier alpha value is -0.690. The first kappa shape index (κ1) is 49.3. The first-order valence-corrected chi connectivity index (χ1v) is 22.4. The van der Waals surface area contributed by atoms with Gasteiger partial charge in [0, 0.05) is 0 Å². The Kier molecular flexibility index (Phi) is 39.0. The predicted octanol–water partition coefficient (Wildman–Crippen LogP) is 11.6. The highest BCUT2D eigenvalue weighted by Crippen LogP contribution is 2.17. The summed E-state index contributed by atoms with van der Waals surface area (Å²) in [5, 5.41) is 43.6. The van der Waals surface area contributed by atoms with Crippen LogP contribution < -0.4 is 5.32 Å². The molecule has 5 N–H and O–H groups in total. The number of carbonyl (C=O) groups is 1. The summed E-state index contributed by atoms with van der Waals surface area (Å²) in [7, 11) is 0. The Bertz CT molecular complexity index is 677. The molecule has 0 spiro atoms. The molecule has 0 aliphatic carbocycles. The summed E-state index contributed by atoms with van der Waals surface area (Å²) in [5.74, 6) is -0.582. The number of unbranched alkanes of at least 4 members (excludes halogenated alkanes) is 32. The van der Waals surface area contributed by atoms with Crippen LogP contribution in [0.2, 0.25) is 0 Å². The SMILES string of the molecule is CCCCCCCCCCCCCCCCCCCCCCCCCCC(O)C(O)C(CO)NC(=O)C(O)CCCCCCCCCCCC. The molecule has 0 saturated heterocycles. The van der Waals surface area contributed by atoms with Gasteiger partial charge in [-0.05, 0) is 12.8 Å². The fourth-order valence-electron chi connectivity index (χ4n) is 7.23. The molecule has 0 aromatic rings. The van der Waals surface area contributed by atoms with Gasteiger partial charge < -0.3 is 25.7 Å². The van der Waals surface area contributed by atoms with Crippen molar-refractivity contribution in [2.24, 2.45) is 0 Å². The van der Waals surface area contributed by atoms with Crippen molar-refractivity contribution in [1.29, 1.82) is 0 Å². The molecule has 0 rings (SSSR count). The molecule has 0 fully saturated rings. The second kappa shape index (κ2) is 39.5. The van der Waals surface area contributed by atoms with Crippen molar-refractivity contribution in [2.45, 2.75) is 269 Å². The fourth-order valence-corrected chi connectivity index (χ4v) is 7.23. The lowest BCUT2D eigenvalue weighted by atomic mass is 9.99. The van der Waals surface area contributed by atoms with Crippen LogP contribution in [0.5, 0.6) is 0 Å². The van der Waals surface area contributed by atoms with E-state index in [0.29, 0.717) is 12.8 Å². The number of aliphatic hydroxyl groups excluding tert-OH is 4. The van der Waals surface area contributed by atoms with Gasteiger partial charge in [-0.25, -0.2) is 0 Å². The zero-order valence-corrected chi connectivity index (χ0v) is 33.7. The van der Waals surface area contributed by atoms with Crippen LogP contribution in [0.3, 0.4) is 0 Å². The van der Waals surface area contributed by atoms with E-state index in [1.54, 1.807) is 0 Å². The summed E-state index contributed by atoms with van der Waals surface area (Å²) in [6, 6.07) is -0.978. The third-order valence-electron chi connectivity index (χ3n) is 10.8. The van der Waals surface area contributed by atoms with Gasteiger partial charge in [-0.2, -0.15) is 0 Å². The number of amides is 1. The highest BCUT2D eigenvalue weighted by atomic mass is 16.3. The quantitative estimate of drug-likeness (QED) is 0.0406. The topological polar surface area (TPSA) is 110 Å². The molecular formula is C44H89NO5.